The van der Waals surface area contributed by atoms with Crippen LogP contribution in [-0.2, 0) is 0 Å². The predicted octanol–water partition coefficient (Wildman–Crippen LogP) is 0.614. The normalized spacial score (nSPS) is 10.4. The minimum Gasteiger partial charge on any atom is -0.382 e. The number of aromatic nitrogens is 4. The molecule has 0 saturated carbocycles. The van der Waals surface area contributed by atoms with Gasteiger partial charge in [0.2, 0.25) is 5.13 Å². The van der Waals surface area contributed by atoms with E-state index >= 15 is 0 Å². The fourth-order valence-corrected chi connectivity index (χ4v) is 1.45. The average molecular weight is 181 g/mol. The van der Waals surface area contributed by atoms with Gasteiger partial charge in [-0.3, -0.25) is 0 Å². The van der Waals surface area contributed by atoms with Crippen LogP contribution in [0.15, 0.2) is 12.3 Å². The first-order valence-corrected chi connectivity index (χ1v) is 4.19. The van der Waals surface area contributed by atoms with Gasteiger partial charge in [0.05, 0.1) is 0 Å². The Morgan fingerprint density at radius 1 is 1.50 bits per heavy atom. The Morgan fingerprint density at radius 3 is 2.83 bits per heavy atom. The van der Waals surface area contributed by atoms with Crippen LogP contribution in [-0.4, -0.2) is 20.0 Å². The Morgan fingerprint density at radius 2 is 2.33 bits per heavy atom. The lowest BCUT2D eigenvalue weighted by molar-refractivity contribution is 0.848. The largest absolute Gasteiger partial charge is 0.382 e. The minimum atomic E-state index is 0.489. The van der Waals surface area contributed by atoms with Crippen molar-refractivity contribution in [3.8, 4) is 5.13 Å². The lowest BCUT2D eigenvalue weighted by Crippen LogP contribution is -1.95. The van der Waals surface area contributed by atoms with Gasteiger partial charge < -0.3 is 5.73 Å². The summed E-state index contributed by atoms with van der Waals surface area (Å²) >= 11 is 1.48. The van der Waals surface area contributed by atoms with Crippen LogP contribution in [0.2, 0.25) is 0 Å². The zero-order valence-electron chi connectivity index (χ0n) is 6.43. The van der Waals surface area contributed by atoms with Crippen LogP contribution < -0.4 is 5.73 Å². The molecule has 0 spiro atoms. The van der Waals surface area contributed by atoms with E-state index in [9.17, 15) is 0 Å². The van der Waals surface area contributed by atoms with E-state index in [1.54, 1.807) is 16.9 Å². The van der Waals surface area contributed by atoms with Gasteiger partial charge in [-0.2, -0.15) is 0 Å². The third-order valence-electron chi connectivity index (χ3n) is 1.32. The number of hydrogen-bond donors (Lipinski definition) is 1. The highest BCUT2D eigenvalue weighted by molar-refractivity contribution is 7.13. The van der Waals surface area contributed by atoms with Crippen LogP contribution in [0.25, 0.3) is 5.13 Å². The van der Waals surface area contributed by atoms with E-state index in [1.165, 1.54) is 11.3 Å². The van der Waals surface area contributed by atoms with E-state index in [2.05, 4.69) is 15.3 Å². The lowest BCUT2D eigenvalue weighted by Gasteiger charge is -1.89. The number of aryl methyl sites for hydroxylation is 1. The molecule has 0 aliphatic rings. The van der Waals surface area contributed by atoms with Crippen LogP contribution in [0.5, 0.6) is 0 Å². The first kappa shape index (κ1) is 7.23. The van der Waals surface area contributed by atoms with Crippen LogP contribution in [0.4, 0.5) is 5.82 Å². The monoisotopic (exact) mass is 181 g/mol. The molecule has 2 aromatic rings. The standard InChI is InChI=1S/C6H7N5S/c1-4-8-9-6(12-4)11-3-2-5(7)10-11/h2-3H,1H3,(H2,7,10). The van der Waals surface area contributed by atoms with Crippen molar-refractivity contribution in [2.45, 2.75) is 6.92 Å². The minimum absolute atomic E-state index is 0.489. The number of nitrogens with zero attached hydrogens (tertiary/aromatic N) is 4. The molecule has 2 heterocycles. The van der Waals surface area contributed by atoms with Gasteiger partial charge in [0, 0.05) is 12.3 Å². The van der Waals surface area contributed by atoms with Crippen LogP contribution in [0, 0.1) is 6.92 Å². The van der Waals surface area contributed by atoms with E-state index in [0.717, 1.165) is 10.1 Å². The molecule has 0 unspecified atom stereocenters. The van der Waals surface area contributed by atoms with Gasteiger partial charge in [-0.25, -0.2) is 4.68 Å². The van der Waals surface area contributed by atoms with E-state index in [-0.39, 0.29) is 0 Å². The maximum absolute atomic E-state index is 5.45. The molecule has 0 amide bonds. The lowest BCUT2D eigenvalue weighted by atomic mass is 10.7. The molecule has 0 radical (unpaired) electrons. The number of rotatable bonds is 1. The summed E-state index contributed by atoms with van der Waals surface area (Å²) in [5, 5.41) is 13.4. The van der Waals surface area contributed by atoms with Crippen molar-refractivity contribution in [3.63, 3.8) is 0 Å². The number of hydrogen-bond acceptors (Lipinski definition) is 5. The molecule has 12 heavy (non-hydrogen) atoms. The summed E-state index contributed by atoms with van der Waals surface area (Å²) in [6.45, 7) is 1.90. The number of nitrogen functional groups attached to an aromatic ring is 1. The third kappa shape index (κ3) is 1.16. The molecule has 0 bridgehead atoms. The fourth-order valence-electron chi connectivity index (χ4n) is 0.823. The molecule has 2 aromatic heterocycles. The first-order valence-electron chi connectivity index (χ1n) is 3.37. The van der Waals surface area contributed by atoms with E-state index in [0.29, 0.717) is 5.82 Å². The Bertz CT molecular complexity index is 352. The van der Waals surface area contributed by atoms with Crippen LogP contribution in [0.1, 0.15) is 5.01 Å². The number of nitrogens with two attached hydrogens (primary N) is 1. The summed E-state index contributed by atoms with van der Waals surface area (Å²) in [7, 11) is 0. The van der Waals surface area contributed by atoms with Gasteiger partial charge in [0.1, 0.15) is 10.8 Å². The summed E-state index contributed by atoms with van der Waals surface area (Å²) < 4.78 is 1.61. The average Bonchev–Trinajstić information content (AvgIpc) is 2.58. The Labute approximate surface area is 72.8 Å². The van der Waals surface area contributed by atoms with E-state index in [4.69, 9.17) is 5.73 Å². The van der Waals surface area contributed by atoms with Crippen LogP contribution in [0.3, 0.4) is 0 Å². The van der Waals surface area contributed by atoms with Gasteiger partial charge in [0.25, 0.3) is 0 Å². The van der Waals surface area contributed by atoms with Crippen LogP contribution >= 0.6 is 11.3 Å². The molecule has 0 saturated heterocycles. The van der Waals surface area contributed by atoms with Gasteiger partial charge in [-0.05, 0) is 6.92 Å². The highest BCUT2D eigenvalue weighted by Crippen LogP contribution is 2.13. The van der Waals surface area contributed by atoms with Gasteiger partial charge in [-0.15, -0.1) is 15.3 Å². The van der Waals surface area contributed by atoms with E-state index < -0.39 is 0 Å². The molecule has 0 aliphatic heterocycles. The van der Waals surface area contributed by atoms with Gasteiger partial charge in [0.15, 0.2) is 0 Å². The topological polar surface area (TPSA) is 69.6 Å². The number of anilines is 1. The predicted molar refractivity (Wildman–Crippen MR) is 46.2 cm³/mol. The zero-order valence-corrected chi connectivity index (χ0v) is 7.25. The van der Waals surface area contributed by atoms with Crippen molar-refractivity contribution in [2.24, 2.45) is 0 Å². The van der Waals surface area contributed by atoms with Gasteiger partial charge >= 0.3 is 0 Å². The second-order valence-corrected chi connectivity index (χ2v) is 3.45. The third-order valence-corrected chi connectivity index (χ3v) is 2.15. The molecular weight excluding hydrogens is 174 g/mol. The molecule has 2 N–H and O–H groups in total. The molecule has 0 aromatic carbocycles. The SMILES string of the molecule is Cc1nnc(-n2ccc(N)n2)s1. The van der Waals surface area contributed by atoms with Crippen molar-refractivity contribution < 1.29 is 0 Å². The van der Waals surface area contributed by atoms with Crippen molar-refractivity contribution in [1.29, 1.82) is 0 Å². The molecule has 2 rings (SSSR count). The Hall–Kier alpha value is -1.43. The van der Waals surface area contributed by atoms with Crippen molar-refractivity contribution in [3.05, 3.63) is 17.3 Å². The Balaban J connectivity index is 2.43. The smallest absolute Gasteiger partial charge is 0.232 e. The summed E-state index contributed by atoms with van der Waals surface area (Å²) in [5.74, 6) is 0.489. The molecule has 0 fully saturated rings. The second-order valence-electron chi connectivity index (χ2n) is 2.29. The molecule has 0 atom stereocenters. The van der Waals surface area contributed by atoms with Crippen molar-refractivity contribution >= 4 is 17.2 Å². The molecule has 0 aliphatic carbocycles. The summed E-state index contributed by atoms with van der Waals surface area (Å²) in [6, 6.07) is 1.72. The van der Waals surface area contributed by atoms with E-state index in [1.807, 2.05) is 6.92 Å². The van der Waals surface area contributed by atoms with Crippen molar-refractivity contribution in [1.82, 2.24) is 20.0 Å². The Kier molecular flexibility index (Phi) is 1.54. The first-order chi connectivity index (χ1) is 5.75. The quantitative estimate of drug-likeness (QED) is 0.700. The summed E-state index contributed by atoms with van der Waals surface area (Å²) in [4.78, 5) is 0. The summed E-state index contributed by atoms with van der Waals surface area (Å²) in [5.41, 5.74) is 5.45. The maximum atomic E-state index is 5.45. The zero-order chi connectivity index (χ0) is 8.55. The highest BCUT2D eigenvalue weighted by Gasteiger charge is 2.03. The van der Waals surface area contributed by atoms with Gasteiger partial charge in [-0.1, -0.05) is 11.3 Å². The maximum Gasteiger partial charge on any atom is 0.232 e. The second kappa shape index (κ2) is 2.56. The fraction of sp³-hybridized carbons (Fsp3) is 0.167. The molecule has 62 valence electrons. The highest BCUT2D eigenvalue weighted by atomic mass is 32.1. The molecular formula is C6H7N5S. The summed E-state index contributed by atoms with van der Waals surface area (Å²) in [6.07, 6.45) is 1.76. The van der Waals surface area contributed by atoms with Crippen molar-refractivity contribution in [2.75, 3.05) is 5.73 Å². The molecule has 5 nitrogen and oxygen atoms in total. The molecule has 6 heteroatoms.